The fourth-order valence-corrected chi connectivity index (χ4v) is 2.16. The first-order chi connectivity index (χ1) is 9.26. The monoisotopic (exact) mass is 315 g/mol. The Hall–Kier alpha value is -1.44. The molecule has 0 unspecified atom stereocenters. The summed E-state index contributed by atoms with van der Waals surface area (Å²) in [6.07, 6.45) is 1.27. The minimum Gasteiger partial charge on any atom is -0.491 e. The number of ether oxygens (including phenoxy) is 1. The first kappa shape index (κ1) is 16.6. The van der Waals surface area contributed by atoms with Crippen LogP contribution in [0, 0.1) is 16.7 Å². The zero-order valence-electron chi connectivity index (χ0n) is 11.2. The maximum Gasteiger partial charge on any atom is 0.339 e. The van der Waals surface area contributed by atoms with Gasteiger partial charge in [0.2, 0.25) is 0 Å². The number of nitrogens with zero attached hydrogens (tertiary/aromatic N) is 1. The molecule has 0 aliphatic carbocycles. The molecule has 20 heavy (non-hydrogen) atoms. The van der Waals surface area contributed by atoms with E-state index in [2.05, 4.69) is 6.07 Å². The van der Waals surface area contributed by atoms with Crippen molar-refractivity contribution in [1.29, 1.82) is 5.26 Å². The molecule has 0 heterocycles. The van der Waals surface area contributed by atoms with Gasteiger partial charge in [-0.05, 0) is 38.8 Å². The van der Waals surface area contributed by atoms with Crippen LogP contribution in [0.5, 0.6) is 5.75 Å². The lowest BCUT2D eigenvalue weighted by atomic mass is 9.90. The van der Waals surface area contributed by atoms with Crippen LogP contribution in [-0.2, 0) is 0 Å². The Morgan fingerprint density at radius 2 is 2.10 bits per heavy atom. The molecular formula is C14H15Cl2NO3. The Balaban J connectivity index is 2.74. The van der Waals surface area contributed by atoms with Crippen molar-refractivity contribution in [3.05, 3.63) is 27.7 Å². The van der Waals surface area contributed by atoms with E-state index in [0.29, 0.717) is 12.8 Å². The van der Waals surface area contributed by atoms with Gasteiger partial charge in [-0.25, -0.2) is 4.79 Å². The number of aromatic carboxylic acids is 1. The fraction of sp³-hybridized carbons (Fsp3) is 0.429. The van der Waals surface area contributed by atoms with Crippen LogP contribution in [0.3, 0.4) is 0 Å². The average Bonchev–Trinajstić information content (AvgIpc) is 2.35. The van der Waals surface area contributed by atoms with E-state index >= 15 is 0 Å². The number of nitriles is 1. The van der Waals surface area contributed by atoms with Crippen LogP contribution in [0.25, 0.3) is 0 Å². The zero-order chi connectivity index (χ0) is 15.3. The van der Waals surface area contributed by atoms with Crippen molar-refractivity contribution in [2.75, 3.05) is 6.61 Å². The summed E-state index contributed by atoms with van der Waals surface area (Å²) in [7, 11) is 0. The summed E-state index contributed by atoms with van der Waals surface area (Å²) in [5, 5.41) is 18.4. The third-order valence-electron chi connectivity index (χ3n) is 2.73. The van der Waals surface area contributed by atoms with Crippen LogP contribution in [-0.4, -0.2) is 17.7 Å². The lowest BCUT2D eigenvalue weighted by Crippen LogP contribution is -2.11. The van der Waals surface area contributed by atoms with Crippen molar-refractivity contribution >= 4 is 29.2 Å². The number of carboxylic acid groups (broad SMARTS) is 1. The number of benzene rings is 1. The standard InChI is InChI=1S/C14H15Cl2NO3/c1-14(2,8-17)4-3-5-20-12-10(13(18)19)6-9(15)7-11(12)16/h6-7H,3-5H2,1-2H3,(H,18,19). The molecule has 0 saturated heterocycles. The highest BCUT2D eigenvalue weighted by Gasteiger charge is 2.18. The third kappa shape index (κ3) is 4.59. The lowest BCUT2D eigenvalue weighted by Gasteiger charge is -2.16. The summed E-state index contributed by atoms with van der Waals surface area (Å²) in [5.41, 5.74) is -0.495. The second-order valence-corrected chi connectivity index (χ2v) is 5.86. The largest absolute Gasteiger partial charge is 0.491 e. The van der Waals surface area contributed by atoms with Crippen molar-refractivity contribution in [3.8, 4) is 11.8 Å². The highest BCUT2D eigenvalue weighted by atomic mass is 35.5. The van der Waals surface area contributed by atoms with E-state index in [-0.39, 0.29) is 28.0 Å². The molecule has 1 rings (SSSR count). The second-order valence-electron chi connectivity index (χ2n) is 5.02. The van der Waals surface area contributed by atoms with Gasteiger partial charge >= 0.3 is 5.97 Å². The van der Waals surface area contributed by atoms with Crippen LogP contribution >= 0.6 is 23.2 Å². The predicted octanol–water partition coefficient (Wildman–Crippen LogP) is 4.40. The Morgan fingerprint density at radius 1 is 1.45 bits per heavy atom. The molecule has 0 radical (unpaired) electrons. The maximum atomic E-state index is 11.1. The molecule has 0 bridgehead atoms. The van der Waals surface area contributed by atoms with E-state index in [0.717, 1.165) is 0 Å². The molecule has 4 nitrogen and oxygen atoms in total. The number of carbonyl (C=O) groups is 1. The minimum absolute atomic E-state index is 0.0676. The van der Waals surface area contributed by atoms with E-state index in [1.54, 1.807) is 0 Å². The van der Waals surface area contributed by atoms with E-state index < -0.39 is 11.4 Å². The molecule has 6 heteroatoms. The van der Waals surface area contributed by atoms with Gasteiger partial charge in [0.1, 0.15) is 5.56 Å². The Morgan fingerprint density at radius 3 is 2.65 bits per heavy atom. The third-order valence-corrected chi connectivity index (χ3v) is 3.23. The fourth-order valence-electron chi connectivity index (χ4n) is 1.61. The van der Waals surface area contributed by atoms with Crippen molar-refractivity contribution in [2.45, 2.75) is 26.7 Å². The average molecular weight is 316 g/mol. The molecule has 0 atom stereocenters. The number of carboxylic acids is 1. The first-order valence-corrected chi connectivity index (χ1v) is 6.79. The molecule has 0 spiro atoms. The minimum atomic E-state index is -1.15. The van der Waals surface area contributed by atoms with Gasteiger partial charge in [-0.1, -0.05) is 23.2 Å². The maximum absolute atomic E-state index is 11.1. The Labute approximate surface area is 127 Å². The zero-order valence-corrected chi connectivity index (χ0v) is 12.8. The van der Waals surface area contributed by atoms with Gasteiger partial charge in [-0.3, -0.25) is 0 Å². The molecular weight excluding hydrogens is 301 g/mol. The number of rotatable bonds is 6. The summed E-state index contributed by atoms with van der Waals surface area (Å²) in [6, 6.07) is 4.93. The number of halogens is 2. The summed E-state index contributed by atoms with van der Waals surface area (Å²) in [5.74, 6) is -1.04. The molecule has 108 valence electrons. The summed E-state index contributed by atoms with van der Waals surface area (Å²) >= 11 is 11.7. The van der Waals surface area contributed by atoms with E-state index in [4.69, 9.17) is 38.3 Å². The van der Waals surface area contributed by atoms with Crippen molar-refractivity contribution in [1.82, 2.24) is 0 Å². The van der Waals surface area contributed by atoms with Gasteiger partial charge in [-0.15, -0.1) is 0 Å². The van der Waals surface area contributed by atoms with Crippen molar-refractivity contribution in [3.63, 3.8) is 0 Å². The first-order valence-electron chi connectivity index (χ1n) is 6.03. The molecule has 0 aromatic heterocycles. The molecule has 0 fully saturated rings. The Kier molecular flexibility index (Phi) is 5.67. The van der Waals surface area contributed by atoms with Crippen LogP contribution < -0.4 is 4.74 Å². The van der Waals surface area contributed by atoms with Gasteiger partial charge in [0.25, 0.3) is 0 Å². The quantitative estimate of drug-likeness (QED) is 0.790. The van der Waals surface area contributed by atoms with Gasteiger partial charge in [0.15, 0.2) is 5.75 Å². The van der Waals surface area contributed by atoms with E-state index in [1.165, 1.54) is 12.1 Å². The molecule has 1 aromatic rings. The normalized spacial score (nSPS) is 10.9. The van der Waals surface area contributed by atoms with E-state index in [9.17, 15) is 4.79 Å². The molecule has 0 saturated carbocycles. The molecule has 0 aliphatic rings. The molecule has 1 N–H and O–H groups in total. The predicted molar refractivity (Wildman–Crippen MR) is 77.5 cm³/mol. The lowest BCUT2D eigenvalue weighted by molar-refractivity contribution is 0.0692. The van der Waals surface area contributed by atoms with Gasteiger partial charge in [0, 0.05) is 5.02 Å². The molecule has 1 aromatic carbocycles. The summed E-state index contributed by atoms with van der Waals surface area (Å²) < 4.78 is 5.44. The highest BCUT2D eigenvalue weighted by molar-refractivity contribution is 6.36. The van der Waals surface area contributed by atoms with Crippen molar-refractivity contribution in [2.24, 2.45) is 5.41 Å². The smallest absolute Gasteiger partial charge is 0.339 e. The van der Waals surface area contributed by atoms with Crippen LogP contribution in [0.15, 0.2) is 12.1 Å². The number of hydrogen-bond donors (Lipinski definition) is 1. The summed E-state index contributed by atoms with van der Waals surface area (Å²) in [4.78, 5) is 11.1. The summed E-state index contributed by atoms with van der Waals surface area (Å²) in [6.45, 7) is 3.96. The van der Waals surface area contributed by atoms with Gasteiger partial charge < -0.3 is 9.84 Å². The molecule has 0 amide bonds. The topological polar surface area (TPSA) is 70.3 Å². The second kappa shape index (κ2) is 6.83. The van der Waals surface area contributed by atoms with Crippen LogP contribution in [0.4, 0.5) is 0 Å². The van der Waals surface area contributed by atoms with Gasteiger partial charge in [0.05, 0.1) is 23.1 Å². The van der Waals surface area contributed by atoms with E-state index in [1.807, 2.05) is 13.8 Å². The van der Waals surface area contributed by atoms with Crippen LogP contribution in [0.1, 0.15) is 37.0 Å². The Bertz CT molecular complexity index is 550. The number of hydrogen-bond acceptors (Lipinski definition) is 3. The van der Waals surface area contributed by atoms with Crippen molar-refractivity contribution < 1.29 is 14.6 Å². The van der Waals surface area contributed by atoms with Gasteiger partial charge in [-0.2, -0.15) is 5.26 Å². The SMILES string of the molecule is CC(C)(C#N)CCCOc1c(Cl)cc(Cl)cc1C(=O)O. The highest BCUT2D eigenvalue weighted by Crippen LogP contribution is 2.33. The molecule has 0 aliphatic heterocycles. The van der Waals surface area contributed by atoms with Crippen LogP contribution in [0.2, 0.25) is 10.0 Å².